The highest BCUT2D eigenvalue weighted by atomic mass is 16.6. The molecule has 5 rings (SSSR count). The summed E-state index contributed by atoms with van der Waals surface area (Å²) in [6.07, 6.45) is 4.09. The zero-order valence-corrected chi connectivity index (χ0v) is 20.0. The van der Waals surface area contributed by atoms with Crippen LogP contribution in [0.4, 0.5) is 4.79 Å². The van der Waals surface area contributed by atoms with Crippen molar-refractivity contribution in [1.82, 2.24) is 4.90 Å². The molecule has 2 saturated carbocycles. The van der Waals surface area contributed by atoms with Crippen LogP contribution >= 0.6 is 0 Å². The van der Waals surface area contributed by atoms with Gasteiger partial charge in [-0.2, -0.15) is 0 Å². The van der Waals surface area contributed by atoms with E-state index in [1.54, 1.807) is 29.2 Å². The van der Waals surface area contributed by atoms with Crippen LogP contribution in [-0.2, 0) is 16.1 Å². The van der Waals surface area contributed by atoms with Gasteiger partial charge in [-0.25, -0.2) is 9.59 Å². The Morgan fingerprint density at radius 3 is 2.14 bits per heavy atom. The second-order valence-electron chi connectivity index (χ2n) is 10.0. The smallest absolute Gasteiger partial charge is 0.410 e. The topological polar surface area (TPSA) is 104 Å². The van der Waals surface area contributed by atoms with Gasteiger partial charge in [-0.3, -0.25) is 4.79 Å². The highest BCUT2D eigenvalue weighted by Crippen LogP contribution is 2.40. The maximum absolute atomic E-state index is 13.0. The van der Waals surface area contributed by atoms with Crippen molar-refractivity contribution >= 4 is 28.8 Å². The van der Waals surface area contributed by atoms with Gasteiger partial charge in [0.05, 0.1) is 11.0 Å². The molecule has 0 spiro atoms. The van der Waals surface area contributed by atoms with Crippen LogP contribution in [0.25, 0.3) is 21.9 Å². The maximum Gasteiger partial charge on any atom is 0.410 e. The van der Waals surface area contributed by atoms with Crippen LogP contribution in [0.15, 0.2) is 60.7 Å². The largest absolute Gasteiger partial charge is 0.481 e. The quantitative estimate of drug-likeness (QED) is 0.407. The fourth-order valence-electron chi connectivity index (χ4n) is 5.04. The van der Waals surface area contributed by atoms with Crippen molar-refractivity contribution in [2.24, 2.45) is 5.41 Å². The number of hydrogen-bond donors (Lipinski definition) is 2. The fourth-order valence-corrected chi connectivity index (χ4v) is 5.04. The Labute approximate surface area is 209 Å². The van der Waals surface area contributed by atoms with E-state index in [0.717, 1.165) is 53.1 Å². The van der Waals surface area contributed by atoms with Crippen LogP contribution in [-0.4, -0.2) is 45.8 Å². The zero-order valence-electron chi connectivity index (χ0n) is 20.0. The minimum absolute atomic E-state index is 0.0519. The van der Waals surface area contributed by atoms with Gasteiger partial charge >= 0.3 is 18.0 Å². The molecule has 0 atom stereocenters. The van der Waals surface area contributed by atoms with Crippen molar-refractivity contribution < 1.29 is 29.3 Å². The van der Waals surface area contributed by atoms with Crippen molar-refractivity contribution in [3.63, 3.8) is 0 Å². The Kier molecular flexibility index (Phi) is 6.39. The molecule has 7 heteroatoms. The first-order valence-electron chi connectivity index (χ1n) is 12.4. The van der Waals surface area contributed by atoms with Crippen molar-refractivity contribution in [2.75, 3.05) is 6.54 Å². The Bertz CT molecular complexity index is 1310. The number of carboxylic acid groups (broad SMARTS) is 2. The molecule has 0 saturated heterocycles. The predicted molar refractivity (Wildman–Crippen MR) is 135 cm³/mol. The van der Waals surface area contributed by atoms with Crippen LogP contribution in [0.2, 0.25) is 0 Å². The van der Waals surface area contributed by atoms with Crippen LogP contribution in [0.3, 0.4) is 0 Å². The number of benzene rings is 3. The lowest BCUT2D eigenvalue weighted by Gasteiger charge is -2.31. The fraction of sp³-hybridized carbons (Fsp3) is 0.345. The lowest BCUT2D eigenvalue weighted by atomic mass is 9.85. The third-order valence-electron chi connectivity index (χ3n) is 7.30. The molecule has 2 N–H and O–H groups in total. The zero-order chi connectivity index (χ0) is 25.3. The molecule has 186 valence electrons. The molecular formula is C29H29NO6. The first kappa shape index (κ1) is 23.9. The van der Waals surface area contributed by atoms with E-state index in [2.05, 4.69) is 0 Å². The summed E-state index contributed by atoms with van der Waals surface area (Å²) >= 11 is 0. The van der Waals surface area contributed by atoms with E-state index in [0.29, 0.717) is 12.8 Å². The Morgan fingerprint density at radius 2 is 1.50 bits per heavy atom. The van der Waals surface area contributed by atoms with Gasteiger partial charge in [0.1, 0.15) is 6.10 Å². The molecule has 3 aromatic rings. The van der Waals surface area contributed by atoms with Gasteiger partial charge in [0.25, 0.3) is 0 Å². The number of fused-ring (bicyclic) bond motifs is 1. The highest BCUT2D eigenvalue weighted by Gasteiger charge is 2.44. The molecule has 0 bridgehead atoms. The molecular weight excluding hydrogens is 458 g/mol. The molecule has 1 amide bonds. The van der Waals surface area contributed by atoms with Crippen molar-refractivity contribution in [3.8, 4) is 11.1 Å². The summed E-state index contributed by atoms with van der Waals surface area (Å²) in [6, 6.07) is 18.8. The molecule has 2 fully saturated rings. The monoisotopic (exact) mass is 487 g/mol. The van der Waals surface area contributed by atoms with E-state index in [1.165, 1.54) is 0 Å². The lowest BCUT2D eigenvalue weighted by molar-refractivity contribution is -0.149. The van der Waals surface area contributed by atoms with E-state index in [-0.39, 0.29) is 24.8 Å². The number of carbonyl (C=O) groups is 3. The molecule has 3 aromatic carbocycles. The van der Waals surface area contributed by atoms with Crippen molar-refractivity contribution in [1.29, 1.82) is 0 Å². The third-order valence-corrected chi connectivity index (χ3v) is 7.30. The van der Waals surface area contributed by atoms with Crippen LogP contribution < -0.4 is 0 Å². The van der Waals surface area contributed by atoms with Gasteiger partial charge in [-0.1, -0.05) is 49.2 Å². The molecule has 0 aromatic heterocycles. The van der Waals surface area contributed by atoms with Crippen LogP contribution in [0.5, 0.6) is 0 Å². The summed E-state index contributed by atoms with van der Waals surface area (Å²) in [4.78, 5) is 37.8. The van der Waals surface area contributed by atoms with E-state index in [4.69, 9.17) is 9.84 Å². The Hall–Kier alpha value is -3.87. The standard InChI is InChI=1S/C29H29NO6/c31-26(32)21-7-5-20(6-8-21)23-10-9-22-15-19(3-4-24(22)16-23)17-30(28(35)36-25-11-12-25)18-29(27(33)34)13-1-2-14-29/h3-10,15-16,25H,1-2,11-14,17-18H2,(H,31,32)(H,33,34). The number of aliphatic carboxylic acids is 1. The Balaban J connectivity index is 1.38. The van der Waals surface area contributed by atoms with E-state index < -0.39 is 23.4 Å². The number of carboxylic acids is 2. The van der Waals surface area contributed by atoms with Gasteiger partial charge < -0.3 is 19.8 Å². The maximum atomic E-state index is 13.0. The van der Waals surface area contributed by atoms with Gasteiger partial charge in [-0.05, 0) is 77.4 Å². The lowest BCUT2D eigenvalue weighted by Crippen LogP contribution is -2.44. The van der Waals surface area contributed by atoms with E-state index in [9.17, 15) is 19.5 Å². The molecule has 7 nitrogen and oxygen atoms in total. The minimum atomic E-state index is -0.954. The summed E-state index contributed by atoms with van der Waals surface area (Å²) in [7, 11) is 0. The summed E-state index contributed by atoms with van der Waals surface area (Å²) in [5, 5.41) is 21.1. The minimum Gasteiger partial charge on any atom is -0.481 e. The average molecular weight is 488 g/mol. The normalized spacial score (nSPS) is 16.6. The van der Waals surface area contributed by atoms with Gasteiger partial charge in [-0.15, -0.1) is 0 Å². The van der Waals surface area contributed by atoms with Gasteiger partial charge in [0.15, 0.2) is 0 Å². The molecule has 36 heavy (non-hydrogen) atoms. The predicted octanol–water partition coefficient (Wildman–Crippen LogP) is 5.95. The SMILES string of the molecule is O=C(O)c1ccc(-c2ccc3cc(CN(CC4(C(=O)O)CCCC4)C(=O)OC4CC4)ccc3c2)cc1. The summed E-state index contributed by atoms with van der Waals surface area (Å²) in [6.45, 7) is 0.437. The molecule has 0 radical (unpaired) electrons. The number of aromatic carboxylic acids is 1. The van der Waals surface area contributed by atoms with Crippen LogP contribution in [0.1, 0.15) is 54.4 Å². The number of carbonyl (C=O) groups excluding carboxylic acids is 1. The van der Waals surface area contributed by atoms with E-state index >= 15 is 0 Å². The number of hydrogen-bond acceptors (Lipinski definition) is 4. The van der Waals surface area contributed by atoms with Gasteiger partial charge in [0, 0.05) is 13.1 Å². The molecule has 2 aliphatic carbocycles. The first-order valence-corrected chi connectivity index (χ1v) is 12.4. The number of ether oxygens (including phenoxy) is 1. The summed E-state index contributed by atoms with van der Waals surface area (Å²) in [5.41, 5.74) is 2.15. The molecule has 0 unspecified atom stereocenters. The molecule has 0 heterocycles. The number of rotatable bonds is 8. The summed E-state index contributed by atoms with van der Waals surface area (Å²) in [5.74, 6) is -1.79. The van der Waals surface area contributed by atoms with Crippen LogP contribution in [0, 0.1) is 5.41 Å². The molecule has 0 aliphatic heterocycles. The van der Waals surface area contributed by atoms with E-state index in [1.807, 2.05) is 36.4 Å². The third kappa shape index (κ3) is 5.05. The average Bonchev–Trinajstić information content (AvgIpc) is 3.56. The number of amides is 1. The van der Waals surface area contributed by atoms with Crippen molar-refractivity contribution in [2.45, 2.75) is 51.2 Å². The molecule has 2 aliphatic rings. The highest BCUT2D eigenvalue weighted by molar-refractivity contribution is 5.90. The second-order valence-corrected chi connectivity index (χ2v) is 10.0. The Morgan fingerprint density at radius 1 is 0.861 bits per heavy atom. The van der Waals surface area contributed by atoms with Crippen molar-refractivity contribution in [3.05, 3.63) is 71.8 Å². The number of nitrogens with zero attached hydrogens (tertiary/aromatic N) is 1. The first-order chi connectivity index (χ1) is 17.3. The summed E-state index contributed by atoms with van der Waals surface area (Å²) < 4.78 is 5.56. The second kappa shape index (κ2) is 9.64. The van der Waals surface area contributed by atoms with Gasteiger partial charge in [0.2, 0.25) is 0 Å².